The molecule has 0 atom stereocenters. The lowest BCUT2D eigenvalue weighted by atomic mass is 10.1. The number of carbonyl (C=O) groups excluding carboxylic acids is 1. The van der Waals surface area contributed by atoms with Gasteiger partial charge in [-0.1, -0.05) is 0 Å². The van der Waals surface area contributed by atoms with Crippen LogP contribution in [0.3, 0.4) is 0 Å². The Morgan fingerprint density at radius 1 is 1.11 bits per heavy atom. The van der Waals surface area contributed by atoms with Crippen molar-refractivity contribution in [2.75, 3.05) is 40.8 Å². The van der Waals surface area contributed by atoms with E-state index >= 15 is 0 Å². The highest BCUT2D eigenvalue weighted by Crippen LogP contribution is 2.25. The summed E-state index contributed by atoms with van der Waals surface area (Å²) in [6, 6.07) is 10.0. The second kappa shape index (κ2) is 10.6. The maximum atomic E-state index is 11.5. The lowest BCUT2D eigenvalue weighted by Crippen LogP contribution is -2.29. The molecule has 8 nitrogen and oxygen atoms in total. The Kier molecular flexibility index (Phi) is 8.16. The van der Waals surface area contributed by atoms with Crippen LogP contribution in [0.15, 0.2) is 40.8 Å². The van der Waals surface area contributed by atoms with E-state index in [4.69, 9.17) is 9.15 Å². The number of nitro benzene ring substituents is 1. The number of rotatable bonds is 11. The van der Waals surface area contributed by atoms with Crippen molar-refractivity contribution in [2.24, 2.45) is 0 Å². The van der Waals surface area contributed by atoms with Gasteiger partial charge in [-0.2, -0.15) is 0 Å². The molecule has 0 fully saturated rings. The summed E-state index contributed by atoms with van der Waals surface area (Å²) in [5.41, 5.74) is 0.830. The van der Waals surface area contributed by atoms with Gasteiger partial charge < -0.3 is 14.1 Å². The molecule has 0 saturated heterocycles. The van der Waals surface area contributed by atoms with Crippen LogP contribution in [0.1, 0.15) is 18.6 Å². The third-order valence-electron chi connectivity index (χ3n) is 4.34. The molecule has 0 radical (unpaired) electrons. The minimum absolute atomic E-state index is 0.0467. The molecule has 1 aromatic carbocycles. The number of hydrogen-bond acceptors (Lipinski definition) is 7. The summed E-state index contributed by atoms with van der Waals surface area (Å²) in [4.78, 5) is 26.1. The highest BCUT2D eigenvalue weighted by Gasteiger charge is 2.13. The summed E-state index contributed by atoms with van der Waals surface area (Å²) >= 11 is 0. The zero-order chi connectivity index (χ0) is 20.5. The Hall–Kier alpha value is -2.71. The lowest BCUT2D eigenvalue weighted by Gasteiger charge is -2.21. The van der Waals surface area contributed by atoms with Gasteiger partial charge in [-0.15, -0.1) is 0 Å². The van der Waals surface area contributed by atoms with Gasteiger partial charge in [0, 0.05) is 24.2 Å². The fourth-order valence-corrected chi connectivity index (χ4v) is 2.82. The van der Waals surface area contributed by atoms with Gasteiger partial charge >= 0.3 is 5.97 Å². The van der Waals surface area contributed by atoms with E-state index in [2.05, 4.69) is 9.80 Å². The van der Waals surface area contributed by atoms with Crippen LogP contribution >= 0.6 is 0 Å². The van der Waals surface area contributed by atoms with Crippen molar-refractivity contribution in [3.8, 4) is 11.3 Å². The number of ether oxygens (including phenoxy) is 1. The molecule has 0 aliphatic rings. The van der Waals surface area contributed by atoms with Crippen molar-refractivity contribution in [1.29, 1.82) is 0 Å². The van der Waals surface area contributed by atoms with Crippen molar-refractivity contribution in [2.45, 2.75) is 19.4 Å². The Bertz CT molecular complexity index is 770. The number of furan rings is 1. The molecule has 0 spiro atoms. The molecular formula is C20H27N3O5. The third-order valence-corrected chi connectivity index (χ3v) is 4.34. The monoisotopic (exact) mass is 389 g/mol. The van der Waals surface area contributed by atoms with E-state index < -0.39 is 4.92 Å². The standard InChI is InChI=1S/C20H27N3O5/c1-21(2)12-4-13-22(14-11-20(24)27-3)15-18-9-10-19(28-18)16-5-7-17(8-6-16)23(25)26/h5-10H,4,11-15H2,1-3H3. The van der Waals surface area contributed by atoms with Crippen LogP contribution in [0.4, 0.5) is 5.69 Å². The molecule has 0 amide bonds. The van der Waals surface area contributed by atoms with Crippen LogP contribution in [-0.4, -0.2) is 61.5 Å². The minimum Gasteiger partial charge on any atom is -0.469 e. The van der Waals surface area contributed by atoms with E-state index in [1.165, 1.54) is 19.2 Å². The quantitative estimate of drug-likeness (QED) is 0.331. The van der Waals surface area contributed by atoms with Crippen LogP contribution in [0.25, 0.3) is 11.3 Å². The number of esters is 1. The Balaban J connectivity index is 2.02. The number of nitro groups is 1. The molecule has 8 heteroatoms. The Labute approximate surface area is 164 Å². The fraction of sp³-hybridized carbons (Fsp3) is 0.450. The largest absolute Gasteiger partial charge is 0.469 e. The van der Waals surface area contributed by atoms with Gasteiger partial charge in [0.15, 0.2) is 0 Å². The first-order valence-corrected chi connectivity index (χ1v) is 9.16. The highest BCUT2D eigenvalue weighted by molar-refractivity contribution is 5.69. The summed E-state index contributed by atoms with van der Waals surface area (Å²) in [7, 11) is 5.45. The van der Waals surface area contributed by atoms with Gasteiger partial charge in [-0.05, 0) is 57.9 Å². The summed E-state index contributed by atoms with van der Waals surface area (Å²) in [5.74, 6) is 1.21. The highest BCUT2D eigenvalue weighted by atomic mass is 16.6. The van der Waals surface area contributed by atoms with Crippen LogP contribution in [0.5, 0.6) is 0 Å². The van der Waals surface area contributed by atoms with Gasteiger partial charge in [-0.3, -0.25) is 19.8 Å². The molecule has 152 valence electrons. The second-order valence-corrected chi connectivity index (χ2v) is 6.83. The Morgan fingerprint density at radius 3 is 2.43 bits per heavy atom. The van der Waals surface area contributed by atoms with E-state index in [1.807, 2.05) is 26.2 Å². The van der Waals surface area contributed by atoms with Gasteiger partial charge in [0.05, 0.1) is 25.0 Å². The number of nitrogens with zero attached hydrogens (tertiary/aromatic N) is 3. The topological polar surface area (TPSA) is 89.1 Å². The first-order chi connectivity index (χ1) is 13.4. The first-order valence-electron chi connectivity index (χ1n) is 9.16. The molecular weight excluding hydrogens is 362 g/mol. The molecule has 0 aliphatic heterocycles. The van der Waals surface area contributed by atoms with Crippen molar-refractivity contribution in [3.63, 3.8) is 0 Å². The third kappa shape index (κ3) is 6.79. The zero-order valence-electron chi connectivity index (χ0n) is 16.6. The maximum Gasteiger partial charge on any atom is 0.306 e. The predicted molar refractivity (Wildman–Crippen MR) is 106 cm³/mol. The molecule has 0 saturated carbocycles. The normalized spacial score (nSPS) is 11.2. The molecule has 2 rings (SSSR count). The molecule has 0 aliphatic carbocycles. The molecule has 0 N–H and O–H groups in total. The predicted octanol–water partition coefficient (Wildman–Crippen LogP) is 3.17. The van der Waals surface area contributed by atoms with E-state index in [0.29, 0.717) is 25.3 Å². The van der Waals surface area contributed by atoms with Crippen molar-refractivity contribution < 1.29 is 18.9 Å². The first kappa shape index (κ1) is 21.6. The zero-order valence-corrected chi connectivity index (χ0v) is 16.6. The number of benzene rings is 1. The smallest absolute Gasteiger partial charge is 0.306 e. The van der Waals surface area contributed by atoms with Crippen LogP contribution < -0.4 is 0 Å². The molecule has 1 aromatic heterocycles. The number of carbonyl (C=O) groups is 1. The van der Waals surface area contributed by atoms with E-state index in [1.54, 1.807) is 12.1 Å². The van der Waals surface area contributed by atoms with Gasteiger partial charge in [0.1, 0.15) is 11.5 Å². The van der Waals surface area contributed by atoms with Gasteiger partial charge in [0.25, 0.3) is 5.69 Å². The molecule has 1 heterocycles. The molecule has 28 heavy (non-hydrogen) atoms. The van der Waals surface area contributed by atoms with E-state index in [-0.39, 0.29) is 11.7 Å². The lowest BCUT2D eigenvalue weighted by molar-refractivity contribution is -0.384. The summed E-state index contributed by atoms with van der Waals surface area (Å²) in [5, 5.41) is 10.8. The molecule has 0 bridgehead atoms. The van der Waals surface area contributed by atoms with Crippen LogP contribution in [0.2, 0.25) is 0 Å². The van der Waals surface area contributed by atoms with Crippen LogP contribution in [0, 0.1) is 10.1 Å². The maximum absolute atomic E-state index is 11.5. The molecule has 2 aromatic rings. The second-order valence-electron chi connectivity index (χ2n) is 6.83. The summed E-state index contributed by atoms with van der Waals surface area (Å²) < 4.78 is 10.7. The van der Waals surface area contributed by atoms with E-state index in [0.717, 1.165) is 30.8 Å². The van der Waals surface area contributed by atoms with Gasteiger partial charge in [0.2, 0.25) is 0 Å². The average molecular weight is 389 g/mol. The number of hydrogen-bond donors (Lipinski definition) is 0. The average Bonchev–Trinajstić information content (AvgIpc) is 3.14. The van der Waals surface area contributed by atoms with Crippen molar-refractivity contribution >= 4 is 11.7 Å². The van der Waals surface area contributed by atoms with Crippen molar-refractivity contribution in [1.82, 2.24) is 9.80 Å². The van der Waals surface area contributed by atoms with Crippen molar-refractivity contribution in [3.05, 3.63) is 52.3 Å². The fourth-order valence-electron chi connectivity index (χ4n) is 2.82. The Morgan fingerprint density at radius 2 is 1.82 bits per heavy atom. The summed E-state index contributed by atoms with van der Waals surface area (Å²) in [6.45, 7) is 2.97. The van der Waals surface area contributed by atoms with E-state index in [9.17, 15) is 14.9 Å². The van der Waals surface area contributed by atoms with Crippen LogP contribution in [-0.2, 0) is 16.1 Å². The summed E-state index contributed by atoms with van der Waals surface area (Å²) in [6.07, 6.45) is 1.30. The number of non-ortho nitro benzene ring substituents is 1. The number of methoxy groups -OCH3 is 1. The SMILES string of the molecule is COC(=O)CCN(CCCN(C)C)Cc1ccc(-c2ccc([N+](=O)[O-])cc2)o1. The molecule has 0 unspecified atom stereocenters. The van der Waals surface area contributed by atoms with Gasteiger partial charge in [-0.25, -0.2) is 0 Å². The minimum atomic E-state index is -0.426.